The Kier molecular flexibility index (Phi) is 4.16. The molecule has 0 aliphatic carbocycles. The molecule has 1 fully saturated rings. The molecule has 1 rings (SSSR count). The molecule has 1 heterocycles. The smallest absolute Gasteiger partial charge is 0.0549 e. The first kappa shape index (κ1) is 11.0. The maximum absolute atomic E-state index is 5.83. The van der Waals surface area contributed by atoms with E-state index < -0.39 is 0 Å². The Morgan fingerprint density at radius 2 is 2.08 bits per heavy atom. The minimum Gasteiger partial charge on any atom is -0.382 e. The van der Waals surface area contributed by atoms with Crippen molar-refractivity contribution in [2.24, 2.45) is 11.1 Å². The van der Waals surface area contributed by atoms with E-state index >= 15 is 0 Å². The van der Waals surface area contributed by atoms with Crippen LogP contribution in [-0.2, 0) is 9.47 Å². The molecule has 0 spiro atoms. The maximum Gasteiger partial charge on any atom is 0.0549 e. The van der Waals surface area contributed by atoms with Crippen LogP contribution in [0.25, 0.3) is 0 Å². The fraction of sp³-hybridized carbons (Fsp3) is 1.00. The van der Waals surface area contributed by atoms with Crippen LogP contribution in [0.2, 0.25) is 0 Å². The molecule has 0 aromatic heterocycles. The molecule has 3 nitrogen and oxygen atoms in total. The maximum atomic E-state index is 5.83. The monoisotopic (exact) mass is 187 g/mol. The van der Waals surface area contributed by atoms with Crippen molar-refractivity contribution < 1.29 is 9.47 Å². The third kappa shape index (κ3) is 2.93. The van der Waals surface area contributed by atoms with Crippen molar-refractivity contribution in [3.05, 3.63) is 0 Å². The van der Waals surface area contributed by atoms with Crippen LogP contribution in [0.3, 0.4) is 0 Å². The molecule has 1 unspecified atom stereocenters. The fourth-order valence-corrected chi connectivity index (χ4v) is 1.99. The molecule has 0 saturated carbocycles. The van der Waals surface area contributed by atoms with Crippen LogP contribution < -0.4 is 5.73 Å². The molecule has 2 N–H and O–H groups in total. The summed E-state index contributed by atoms with van der Waals surface area (Å²) in [4.78, 5) is 0. The number of hydrogen-bond acceptors (Lipinski definition) is 3. The molecule has 0 aromatic carbocycles. The average molecular weight is 187 g/mol. The van der Waals surface area contributed by atoms with Gasteiger partial charge in [0, 0.05) is 20.3 Å². The Morgan fingerprint density at radius 1 is 1.46 bits per heavy atom. The molecule has 0 bridgehead atoms. The van der Waals surface area contributed by atoms with E-state index in [0.717, 1.165) is 39.0 Å². The van der Waals surface area contributed by atoms with Gasteiger partial charge in [0.05, 0.1) is 6.10 Å². The van der Waals surface area contributed by atoms with E-state index in [1.165, 1.54) is 0 Å². The van der Waals surface area contributed by atoms with Gasteiger partial charge in [0.15, 0.2) is 0 Å². The molecule has 1 saturated heterocycles. The van der Waals surface area contributed by atoms with Crippen molar-refractivity contribution >= 4 is 0 Å². The molecule has 3 heteroatoms. The summed E-state index contributed by atoms with van der Waals surface area (Å²) in [6, 6.07) is 0. The van der Waals surface area contributed by atoms with Crippen LogP contribution in [0.15, 0.2) is 0 Å². The third-order valence-electron chi connectivity index (χ3n) is 3.11. The second-order valence-corrected chi connectivity index (χ2v) is 4.07. The van der Waals surface area contributed by atoms with E-state index in [2.05, 4.69) is 6.92 Å². The lowest BCUT2D eigenvalue weighted by atomic mass is 9.76. The molecule has 0 aromatic rings. The van der Waals surface area contributed by atoms with E-state index in [4.69, 9.17) is 15.2 Å². The Bertz CT molecular complexity index is 144. The molecule has 0 amide bonds. The summed E-state index contributed by atoms with van der Waals surface area (Å²) in [7, 11) is 1.76. The lowest BCUT2D eigenvalue weighted by Gasteiger charge is -2.37. The number of nitrogens with two attached hydrogens (primary N) is 1. The first-order valence-electron chi connectivity index (χ1n) is 5.03. The molecule has 0 radical (unpaired) electrons. The minimum absolute atomic E-state index is 0.272. The van der Waals surface area contributed by atoms with Crippen molar-refractivity contribution in [1.29, 1.82) is 0 Å². The first-order chi connectivity index (χ1) is 6.22. The Labute approximate surface area is 80.6 Å². The second kappa shape index (κ2) is 4.94. The van der Waals surface area contributed by atoms with Gasteiger partial charge in [0.2, 0.25) is 0 Å². The van der Waals surface area contributed by atoms with Crippen LogP contribution in [0.4, 0.5) is 0 Å². The van der Waals surface area contributed by atoms with Crippen LogP contribution >= 0.6 is 0 Å². The highest BCUT2D eigenvalue weighted by atomic mass is 16.5. The number of ether oxygens (including phenoxy) is 2. The molecule has 1 aliphatic rings. The Hall–Kier alpha value is -0.120. The van der Waals surface area contributed by atoms with Gasteiger partial charge < -0.3 is 15.2 Å². The topological polar surface area (TPSA) is 44.5 Å². The zero-order valence-corrected chi connectivity index (χ0v) is 8.71. The molecule has 78 valence electrons. The second-order valence-electron chi connectivity index (χ2n) is 4.07. The Balaban J connectivity index is 2.47. The number of hydrogen-bond donors (Lipinski definition) is 1. The van der Waals surface area contributed by atoms with Gasteiger partial charge in [-0.3, -0.25) is 0 Å². The van der Waals surface area contributed by atoms with Crippen LogP contribution in [0.1, 0.15) is 26.2 Å². The molecule has 13 heavy (non-hydrogen) atoms. The summed E-state index contributed by atoms with van der Waals surface area (Å²) in [5.41, 5.74) is 6.10. The Morgan fingerprint density at radius 3 is 2.54 bits per heavy atom. The van der Waals surface area contributed by atoms with Gasteiger partial charge in [0.25, 0.3) is 0 Å². The molecule has 1 aliphatic heterocycles. The number of rotatable bonds is 4. The highest BCUT2D eigenvalue weighted by Gasteiger charge is 2.32. The van der Waals surface area contributed by atoms with Crippen molar-refractivity contribution in [3.8, 4) is 0 Å². The van der Waals surface area contributed by atoms with Gasteiger partial charge in [-0.15, -0.1) is 0 Å². The standard InChI is InChI=1S/C10H21NO2/c1-9(12-2)7-10(8-11)3-5-13-6-4-10/h9H,3-8,11H2,1-2H3. The quantitative estimate of drug-likeness (QED) is 0.718. The van der Waals surface area contributed by atoms with E-state index in [0.29, 0.717) is 6.10 Å². The van der Waals surface area contributed by atoms with Crippen LogP contribution in [0, 0.1) is 5.41 Å². The van der Waals surface area contributed by atoms with Gasteiger partial charge in [0.1, 0.15) is 0 Å². The zero-order chi connectivity index (χ0) is 9.73. The highest BCUT2D eigenvalue weighted by molar-refractivity contribution is 4.84. The van der Waals surface area contributed by atoms with E-state index in [1.54, 1.807) is 7.11 Å². The van der Waals surface area contributed by atoms with Crippen molar-refractivity contribution in [1.82, 2.24) is 0 Å². The van der Waals surface area contributed by atoms with Crippen molar-refractivity contribution in [3.63, 3.8) is 0 Å². The summed E-state index contributed by atoms with van der Waals surface area (Å²) >= 11 is 0. The van der Waals surface area contributed by atoms with Gasteiger partial charge >= 0.3 is 0 Å². The van der Waals surface area contributed by atoms with Crippen LogP contribution in [0.5, 0.6) is 0 Å². The summed E-state index contributed by atoms with van der Waals surface area (Å²) in [6.45, 7) is 4.57. The summed E-state index contributed by atoms with van der Waals surface area (Å²) < 4.78 is 10.6. The van der Waals surface area contributed by atoms with E-state index in [9.17, 15) is 0 Å². The number of methoxy groups -OCH3 is 1. The van der Waals surface area contributed by atoms with Crippen LogP contribution in [-0.4, -0.2) is 33.0 Å². The lowest BCUT2D eigenvalue weighted by molar-refractivity contribution is -0.0148. The van der Waals surface area contributed by atoms with Gasteiger partial charge in [-0.1, -0.05) is 0 Å². The van der Waals surface area contributed by atoms with Gasteiger partial charge in [-0.25, -0.2) is 0 Å². The lowest BCUT2D eigenvalue weighted by Crippen LogP contribution is -2.39. The average Bonchev–Trinajstić information content (AvgIpc) is 2.19. The normalized spacial score (nSPS) is 24.2. The molecular weight excluding hydrogens is 166 g/mol. The highest BCUT2D eigenvalue weighted by Crippen LogP contribution is 2.34. The first-order valence-corrected chi connectivity index (χ1v) is 5.03. The SMILES string of the molecule is COC(C)CC1(CN)CCOCC1. The minimum atomic E-state index is 0.272. The van der Waals surface area contributed by atoms with Crippen molar-refractivity contribution in [2.45, 2.75) is 32.3 Å². The summed E-state index contributed by atoms with van der Waals surface area (Å²) in [5, 5.41) is 0. The van der Waals surface area contributed by atoms with Gasteiger partial charge in [-0.2, -0.15) is 0 Å². The fourth-order valence-electron chi connectivity index (χ4n) is 1.99. The molecular formula is C10H21NO2. The summed E-state index contributed by atoms with van der Waals surface area (Å²) in [6.07, 6.45) is 3.53. The largest absolute Gasteiger partial charge is 0.382 e. The van der Waals surface area contributed by atoms with E-state index in [-0.39, 0.29) is 5.41 Å². The molecule has 1 atom stereocenters. The predicted octanol–water partition coefficient (Wildman–Crippen LogP) is 1.17. The van der Waals surface area contributed by atoms with Gasteiger partial charge in [-0.05, 0) is 38.1 Å². The zero-order valence-electron chi connectivity index (χ0n) is 8.71. The summed E-state index contributed by atoms with van der Waals surface area (Å²) in [5.74, 6) is 0. The van der Waals surface area contributed by atoms with E-state index in [1.807, 2.05) is 0 Å². The van der Waals surface area contributed by atoms with Crippen molar-refractivity contribution in [2.75, 3.05) is 26.9 Å². The predicted molar refractivity (Wildman–Crippen MR) is 52.6 cm³/mol. The third-order valence-corrected chi connectivity index (χ3v) is 3.11.